The second-order valence-corrected chi connectivity index (χ2v) is 7.79. The fraction of sp³-hybridized carbons (Fsp3) is 0.100. The Hall–Kier alpha value is -2.70. The van der Waals surface area contributed by atoms with Crippen LogP contribution in [-0.2, 0) is 16.6 Å². The highest BCUT2D eigenvalue weighted by molar-refractivity contribution is 7.92. The summed E-state index contributed by atoms with van der Waals surface area (Å²) in [6.45, 7) is 0.441. The van der Waals surface area contributed by atoms with E-state index in [1.54, 1.807) is 24.3 Å². The van der Waals surface area contributed by atoms with Crippen LogP contribution in [0.5, 0.6) is 11.5 Å². The molecule has 0 unspecified atom stereocenters. The summed E-state index contributed by atoms with van der Waals surface area (Å²) in [6, 6.07) is 20.8. The fourth-order valence-electron chi connectivity index (χ4n) is 2.39. The molecule has 3 aromatic rings. The SMILES string of the molecule is COc1ccc(S(=O)(=O)Nc2ccc(OCc3ccccc3)cc2)cc1Cl. The normalized spacial score (nSPS) is 11.0. The van der Waals surface area contributed by atoms with Crippen LogP contribution in [0.2, 0.25) is 5.02 Å². The van der Waals surface area contributed by atoms with Crippen molar-refractivity contribution in [2.24, 2.45) is 0 Å². The molecule has 0 amide bonds. The molecule has 0 atom stereocenters. The third kappa shape index (κ3) is 4.93. The summed E-state index contributed by atoms with van der Waals surface area (Å²) < 4.78 is 38.3. The molecule has 0 saturated heterocycles. The first kappa shape index (κ1) is 19.1. The fourth-order valence-corrected chi connectivity index (χ4v) is 3.80. The number of rotatable bonds is 7. The van der Waals surface area contributed by atoms with Gasteiger partial charge in [-0.3, -0.25) is 4.72 Å². The smallest absolute Gasteiger partial charge is 0.261 e. The number of anilines is 1. The number of sulfonamides is 1. The Labute approximate surface area is 163 Å². The molecule has 0 aliphatic carbocycles. The van der Waals surface area contributed by atoms with Crippen molar-refractivity contribution >= 4 is 27.3 Å². The molecule has 0 saturated carbocycles. The largest absolute Gasteiger partial charge is 0.495 e. The predicted octanol–water partition coefficient (Wildman–Crippen LogP) is 4.73. The van der Waals surface area contributed by atoms with Crippen molar-refractivity contribution in [3.8, 4) is 11.5 Å². The van der Waals surface area contributed by atoms with E-state index in [-0.39, 0.29) is 9.92 Å². The van der Waals surface area contributed by atoms with Crippen LogP contribution in [-0.4, -0.2) is 15.5 Å². The molecule has 3 rings (SSSR count). The van der Waals surface area contributed by atoms with Crippen molar-refractivity contribution in [3.05, 3.63) is 83.4 Å². The summed E-state index contributed by atoms with van der Waals surface area (Å²) in [5.74, 6) is 1.06. The van der Waals surface area contributed by atoms with Gasteiger partial charge in [-0.15, -0.1) is 0 Å². The lowest BCUT2D eigenvalue weighted by molar-refractivity contribution is 0.306. The number of benzene rings is 3. The van der Waals surface area contributed by atoms with Crippen LogP contribution in [0.3, 0.4) is 0 Å². The highest BCUT2D eigenvalue weighted by Crippen LogP contribution is 2.28. The van der Waals surface area contributed by atoms with Gasteiger partial charge in [0.2, 0.25) is 0 Å². The first-order valence-corrected chi connectivity index (χ1v) is 9.97. The zero-order chi connectivity index (χ0) is 19.3. The van der Waals surface area contributed by atoms with E-state index in [4.69, 9.17) is 21.1 Å². The van der Waals surface area contributed by atoms with Gasteiger partial charge >= 0.3 is 0 Å². The molecule has 0 heterocycles. The van der Waals surface area contributed by atoms with Gasteiger partial charge in [0.1, 0.15) is 18.1 Å². The van der Waals surface area contributed by atoms with Crippen LogP contribution in [0.25, 0.3) is 0 Å². The molecule has 0 spiro atoms. The second kappa shape index (κ2) is 8.33. The van der Waals surface area contributed by atoms with Crippen molar-refractivity contribution < 1.29 is 17.9 Å². The lowest BCUT2D eigenvalue weighted by Crippen LogP contribution is -2.13. The average Bonchev–Trinajstić information content (AvgIpc) is 2.68. The van der Waals surface area contributed by atoms with Crippen molar-refractivity contribution in [2.75, 3.05) is 11.8 Å². The Balaban J connectivity index is 1.67. The third-order valence-electron chi connectivity index (χ3n) is 3.79. The minimum absolute atomic E-state index is 0.0534. The van der Waals surface area contributed by atoms with Gasteiger partial charge < -0.3 is 9.47 Å². The standard InChI is InChI=1S/C20H18ClNO4S/c1-25-20-12-11-18(13-19(20)21)27(23,24)22-16-7-9-17(10-8-16)26-14-15-5-3-2-4-6-15/h2-13,22H,14H2,1H3. The van der Waals surface area contributed by atoms with Crippen LogP contribution in [0, 0.1) is 0 Å². The van der Waals surface area contributed by atoms with E-state index in [0.717, 1.165) is 5.56 Å². The van der Waals surface area contributed by atoms with Gasteiger partial charge in [-0.25, -0.2) is 8.42 Å². The molecule has 0 aliphatic rings. The van der Waals surface area contributed by atoms with Gasteiger partial charge in [-0.1, -0.05) is 41.9 Å². The summed E-state index contributed by atoms with van der Waals surface area (Å²) >= 11 is 6.01. The minimum Gasteiger partial charge on any atom is -0.495 e. The lowest BCUT2D eigenvalue weighted by atomic mass is 10.2. The topological polar surface area (TPSA) is 64.6 Å². The molecule has 1 N–H and O–H groups in total. The van der Waals surface area contributed by atoms with E-state index in [2.05, 4.69) is 4.72 Å². The maximum atomic E-state index is 12.5. The van der Waals surface area contributed by atoms with Gasteiger partial charge in [0.25, 0.3) is 10.0 Å². The van der Waals surface area contributed by atoms with E-state index < -0.39 is 10.0 Å². The number of methoxy groups -OCH3 is 1. The predicted molar refractivity (Wildman–Crippen MR) is 106 cm³/mol. The molecule has 7 heteroatoms. The molecule has 0 aliphatic heterocycles. The van der Waals surface area contributed by atoms with E-state index >= 15 is 0 Å². The van der Waals surface area contributed by atoms with Gasteiger partial charge in [0, 0.05) is 5.69 Å². The molecule has 0 fully saturated rings. The van der Waals surface area contributed by atoms with E-state index in [1.807, 2.05) is 30.3 Å². The van der Waals surface area contributed by atoms with Crippen molar-refractivity contribution in [1.29, 1.82) is 0 Å². The molecular formula is C20H18ClNO4S. The third-order valence-corrected chi connectivity index (χ3v) is 5.46. The van der Waals surface area contributed by atoms with E-state index in [1.165, 1.54) is 25.3 Å². The second-order valence-electron chi connectivity index (χ2n) is 5.70. The first-order valence-electron chi connectivity index (χ1n) is 8.11. The maximum absolute atomic E-state index is 12.5. The van der Waals surface area contributed by atoms with E-state index in [0.29, 0.717) is 23.8 Å². The Kier molecular flexibility index (Phi) is 5.88. The van der Waals surface area contributed by atoms with Gasteiger partial charge in [0.15, 0.2) is 0 Å². The van der Waals surface area contributed by atoms with Crippen LogP contribution >= 0.6 is 11.6 Å². The van der Waals surface area contributed by atoms with Crippen molar-refractivity contribution in [2.45, 2.75) is 11.5 Å². The molecule has 0 bridgehead atoms. The quantitative estimate of drug-likeness (QED) is 0.619. The maximum Gasteiger partial charge on any atom is 0.261 e. The molecule has 27 heavy (non-hydrogen) atoms. The molecular weight excluding hydrogens is 386 g/mol. The average molecular weight is 404 g/mol. The molecule has 0 aromatic heterocycles. The van der Waals surface area contributed by atoms with Crippen LogP contribution in [0.15, 0.2) is 77.7 Å². The van der Waals surface area contributed by atoms with Crippen LogP contribution < -0.4 is 14.2 Å². The highest BCUT2D eigenvalue weighted by Gasteiger charge is 2.16. The molecule has 0 radical (unpaired) electrons. The van der Waals surface area contributed by atoms with E-state index in [9.17, 15) is 8.42 Å². The van der Waals surface area contributed by atoms with Crippen LogP contribution in [0.4, 0.5) is 5.69 Å². The van der Waals surface area contributed by atoms with Gasteiger partial charge in [0.05, 0.1) is 17.0 Å². The Morgan fingerprint density at radius 3 is 2.30 bits per heavy atom. The van der Waals surface area contributed by atoms with Crippen molar-refractivity contribution in [1.82, 2.24) is 0 Å². The summed E-state index contributed by atoms with van der Waals surface area (Å²) in [7, 11) is -2.29. The van der Waals surface area contributed by atoms with Crippen LogP contribution in [0.1, 0.15) is 5.56 Å². The Bertz CT molecular complexity index is 1010. The Morgan fingerprint density at radius 2 is 1.67 bits per heavy atom. The van der Waals surface area contributed by atoms with Crippen molar-refractivity contribution in [3.63, 3.8) is 0 Å². The summed E-state index contributed by atoms with van der Waals surface area (Å²) in [5, 5.41) is 0.227. The zero-order valence-corrected chi connectivity index (χ0v) is 16.1. The number of hydrogen-bond acceptors (Lipinski definition) is 4. The molecule has 5 nitrogen and oxygen atoms in total. The zero-order valence-electron chi connectivity index (χ0n) is 14.6. The Morgan fingerprint density at radius 1 is 0.963 bits per heavy atom. The summed E-state index contributed by atoms with van der Waals surface area (Å²) in [4.78, 5) is 0.0534. The number of nitrogens with one attached hydrogen (secondary N) is 1. The number of hydrogen-bond donors (Lipinski definition) is 1. The lowest BCUT2D eigenvalue weighted by Gasteiger charge is -2.11. The number of halogens is 1. The number of ether oxygens (including phenoxy) is 2. The first-order chi connectivity index (χ1) is 13.0. The minimum atomic E-state index is -3.76. The molecule has 3 aromatic carbocycles. The summed E-state index contributed by atoms with van der Waals surface area (Å²) in [5.41, 5.74) is 1.48. The van der Waals surface area contributed by atoms with Gasteiger partial charge in [-0.05, 0) is 48.0 Å². The summed E-state index contributed by atoms with van der Waals surface area (Å²) in [6.07, 6.45) is 0. The highest BCUT2D eigenvalue weighted by atomic mass is 35.5. The molecule has 140 valence electrons. The van der Waals surface area contributed by atoms with Gasteiger partial charge in [-0.2, -0.15) is 0 Å². The monoisotopic (exact) mass is 403 g/mol.